The molecule has 0 aliphatic carbocycles. The highest BCUT2D eigenvalue weighted by Crippen LogP contribution is 2.22. The Morgan fingerprint density at radius 3 is 2.78 bits per heavy atom. The van der Waals surface area contributed by atoms with Gasteiger partial charge in [-0.15, -0.1) is 11.3 Å². The summed E-state index contributed by atoms with van der Waals surface area (Å²) in [5.41, 5.74) is 0. The fourth-order valence-corrected chi connectivity index (χ4v) is 2.85. The van der Waals surface area contributed by atoms with Gasteiger partial charge in [0.2, 0.25) is 0 Å². The van der Waals surface area contributed by atoms with E-state index in [1.807, 2.05) is 12.1 Å². The molecule has 18 heavy (non-hydrogen) atoms. The van der Waals surface area contributed by atoms with Crippen molar-refractivity contribution in [1.82, 2.24) is 10.2 Å². The average molecular weight is 335 g/mol. The van der Waals surface area contributed by atoms with Crippen molar-refractivity contribution in [2.45, 2.75) is 19.4 Å². The van der Waals surface area contributed by atoms with E-state index in [1.54, 1.807) is 23.3 Å². The molecule has 0 aliphatic rings. The molecule has 0 radical (unpaired) electrons. The average Bonchev–Trinajstić information content (AvgIpc) is 2.69. The molecule has 0 aromatic carbocycles. The molecule has 2 N–H and O–H groups in total. The van der Waals surface area contributed by atoms with Crippen LogP contribution in [0.1, 0.15) is 17.7 Å². The highest BCUT2D eigenvalue weighted by Gasteiger charge is 2.09. The molecule has 0 saturated heterocycles. The lowest BCUT2D eigenvalue weighted by Gasteiger charge is -2.16. The van der Waals surface area contributed by atoms with Crippen molar-refractivity contribution >= 4 is 39.3 Å². The number of rotatable bonds is 6. The maximum absolute atomic E-state index is 11.7. The predicted molar refractivity (Wildman–Crippen MR) is 73.8 cm³/mol. The molecule has 1 aromatic heterocycles. The second kappa shape index (κ2) is 7.38. The number of halogens is 1. The Morgan fingerprint density at radius 2 is 2.22 bits per heavy atom. The molecule has 0 spiro atoms. The number of thiophene rings is 1. The van der Waals surface area contributed by atoms with Crippen LogP contribution in [0.25, 0.3) is 0 Å². The maximum Gasteiger partial charge on any atom is 0.317 e. The molecule has 0 unspecified atom stereocenters. The smallest absolute Gasteiger partial charge is 0.317 e. The number of carboxylic acid groups (broad SMARTS) is 1. The van der Waals surface area contributed by atoms with Crippen LogP contribution in [0.2, 0.25) is 0 Å². The Labute approximate surface area is 118 Å². The zero-order valence-corrected chi connectivity index (χ0v) is 12.4. The molecule has 0 saturated carbocycles. The van der Waals surface area contributed by atoms with Crippen LogP contribution in [0.5, 0.6) is 0 Å². The van der Waals surface area contributed by atoms with E-state index in [9.17, 15) is 9.59 Å². The number of hydrogen-bond donors (Lipinski definition) is 2. The number of carbonyl (C=O) groups excluding carboxylic acids is 1. The van der Waals surface area contributed by atoms with Crippen molar-refractivity contribution in [3.8, 4) is 0 Å². The minimum atomic E-state index is -0.846. The molecule has 100 valence electrons. The van der Waals surface area contributed by atoms with Gasteiger partial charge in [-0.05, 0) is 34.5 Å². The number of nitrogens with one attached hydrogen (secondary N) is 1. The van der Waals surface area contributed by atoms with Crippen LogP contribution < -0.4 is 5.32 Å². The van der Waals surface area contributed by atoms with Gasteiger partial charge in [0.15, 0.2) is 0 Å². The van der Waals surface area contributed by atoms with Crippen LogP contribution in [0.3, 0.4) is 0 Å². The number of carboxylic acids is 1. The summed E-state index contributed by atoms with van der Waals surface area (Å²) in [5.74, 6) is -0.846. The summed E-state index contributed by atoms with van der Waals surface area (Å²) in [6, 6.07) is 3.71. The second-order valence-corrected chi connectivity index (χ2v) is 6.34. The molecule has 1 aromatic rings. The van der Waals surface area contributed by atoms with E-state index >= 15 is 0 Å². The lowest BCUT2D eigenvalue weighted by molar-refractivity contribution is -0.137. The topological polar surface area (TPSA) is 69.6 Å². The zero-order chi connectivity index (χ0) is 13.5. The monoisotopic (exact) mass is 334 g/mol. The van der Waals surface area contributed by atoms with Crippen LogP contribution in [-0.2, 0) is 11.3 Å². The Hall–Kier alpha value is -1.08. The molecule has 0 bridgehead atoms. The van der Waals surface area contributed by atoms with E-state index in [0.717, 1.165) is 8.66 Å². The Bertz CT molecular complexity index is 422. The third-order valence-corrected chi connectivity index (χ3v) is 3.82. The van der Waals surface area contributed by atoms with E-state index < -0.39 is 5.97 Å². The third-order valence-electron chi connectivity index (χ3n) is 2.21. The summed E-state index contributed by atoms with van der Waals surface area (Å²) >= 11 is 4.95. The minimum absolute atomic E-state index is 0.0713. The molecule has 1 heterocycles. The van der Waals surface area contributed by atoms with Gasteiger partial charge in [0.05, 0.1) is 10.3 Å². The lowest BCUT2D eigenvalue weighted by Crippen LogP contribution is -2.37. The molecule has 5 nitrogen and oxygen atoms in total. The van der Waals surface area contributed by atoms with Crippen molar-refractivity contribution < 1.29 is 14.7 Å². The molecule has 0 aliphatic heterocycles. The number of amides is 2. The van der Waals surface area contributed by atoms with Gasteiger partial charge in [0, 0.05) is 24.9 Å². The van der Waals surface area contributed by atoms with E-state index in [4.69, 9.17) is 5.11 Å². The fourth-order valence-electron chi connectivity index (χ4n) is 1.31. The van der Waals surface area contributed by atoms with E-state index in [0.29, 0.717) is 19.5 Å². The van der Waals surface area contributed by atoms with E-state index in [2.05, 4.69) is 21.2 Å². The number of aliphatic carboxylic acids is 1. The zero-order valence-electron chi connectivity index (χ0n) is 9.98. The van der Waals surface area contributed by atoms with Crippen molar-refractivity contribution in [3.05, 3.63) is 20.8 Å². The van der Waals surface area contributed by atoms with Crippen molar-refractivity contribution in [1.29, 1.82) is 0 Å². The van der Waals surface area contributed by atoms with Crippen molar-refractivity contribution in [3.63, 3.8) is 0 Å². The SMILES string of the molecule is CN(Cc1ccc(Br)s1)C(=O)NCCCC(=O)O. The molecular weight excluding hydrogens is 320 g/mol. The van der Waals surface area contributed by atoms with Gasteiger partial charge in [-0.3, -0.25) is 4.79 Å². The second-order valence-electron chi connectivity index (χ2n) is 3.79. The highest BCUT2D eigenvalue weighted by molar-refractivity contribution is 9.11. The third kappa shape index (κ3) is 5.50. The molecule has 1 rings (SSSR count). The van der Waals surface area contributed by atoms with Crippen LogP contribution >= 0.6 is 27.3 Å². The van der Waals surface area contributed by atoms with Gasteiger partial charge in [0.25, 0.3) is 0 Å². The quantitative estimate of drug-likeness (QED) is 0.785. The summed E-state index contributed by atoms with van der Waals surface area (Å²) in [5, 5.41) is 11.1. The van der Waals surface area contributed by atoms with Gasteiger partial charge in [-0.1, -0.05) is 0 Å². The van der Waals surface area contributed by atoms with E-state index in [1.165, 1.54) is 0 Å². The molecule has 0 atom stereocenters. The molecule has 0 fully saturated rings. The van der Waals surface area contributed by atoms with Crippen LogP contribution in [-0.4, -0.2) is 35.6 Å². The first-order valence-electron chi connectivity index (χ1n) is 5.44. The van der Waals surface area contributed by atoms with Crippen LogP contribution in [0.4, 0.5) is 4.79 Å². The molecule has 7 heteroatoms. The molecule has 2 amide bonds. The van der Waals surface area contributed by atoms with Gasteiger partial charge < -0.3 is 15.3 Å². The summed E-state index contributed by atoms with van der Waals surface area (Å²) in [7, 11) is 1.71. The van der Waals surface area contributed by atoms with Gasteiger partial charge in [-0.25, -0.2) is 4.79 Å². The van der Waals surface area contributed by atoms with Crippen molar-refractivity contribution in [2.24, 2.45) is 0 Å². The van der Waals surface area contributed by atoms with Gasteiger partial charge in [-0.2, -0.15) is 0 Å². The Morgan fingerprint density at radius 1 is 1.50 bits per heavy atom. The maximum atomic E-state index is 11.7. The van der Waals surface area contributed by atoms with Crippen molar-refractivity contribution in [2.75, 3.05) is 13.6 Å². The van der Waals surface area contributed by atoms with Gasteiger partial charge >= 0.3 is 12.0 Å². The van der Waals surface area contributed by atoms with Crippen LogP contribution in [0, 0.1) is 0 Å². The Kier molecular flexibility index (Phi) is 6.14. The first-order chi connectivity index (χ1) is 8.49. The lowest BCUT2D eigenvalue weighted by atomic mass is 10.3. The highest BCUT2D eigenvalue weighted by atomic mass is 79.9. The largest absolute Gasteiger partial charge is 0.481 e. The standard InChI is InChI=1S/C11H15BrN2O3S/c1-14(7-8-4-5-9(12)18-8)11(17)13-6-2-3-10(15)16/h4-5H,2-3,6-7H2,1H3,(H,13,17)(H,15,16). The molecular formula is C11H15BrN2O3S. The number of carbonyl (C=O) groups is 2. The Balaban J connectivity index is 2.26. The summed E-state index contributed by atoms with van der Waals surface area (Å²) in [6.45, 7) is 0.921. The number of urea groups is 1. The summed E-state index contributed by atoms with van der Waals surface area (Å²) in [4.78, 5) is 24.6. The fraction of sp³-hybridized carbons (Fsp3) is 0.455. The first kappa shape index (κ1) is 15.0. The van der Waals surface area contributed by atoms with Gasteiger partial charge in [0.1, 0.15) is 0 Å². The normalized spacial score (nSPS) is 10.1. The summed E-state index contributed by atoms with van der Waals surface area (Å²) < 4.78 is 1.03. The summed E-state index contributed by atoms with van der Waals surface area (Å²) in [6.07, 6.45) is 0.515. The van der Waals surface area contributed by atoms with Crippen LogP contribution in [0.15, 0.2) is 15.9 Å². The minimum Gasteiger partial charge on any atom is -0.481 e. The number of nitrogens with zero attached hydrogens (tertiary/aromatic N) is 1. The first-order valence-corrected chi connectivity index (χ1v) is 7.05. The number of hydrogen-bond acceptors (Lipinski definition) is 3. The predicted octanol–water partition coefficient (Wildman–Crippen LogP) is 2.52. The van der Waals surface area contributed by atoms with E-state index in [-0.39, 0.29) is 12.5 Å².